The van der Waals surface area contributed by atoms with Crippen molar-refractivity contribution < 1.29 is 9.59 Å². The lowest BCUT2D eigenvalue weighted by Gasteiger charge is -2.11. The van der Waals surface area contributed by atoms with Crippen LogP contribution in [0, 0.1) is 34.6 Å². The van der Waals surface area contributed by atoms with Gasteiger partial charge in [0.1, 0.15) is 0 Å². The number of aryl methyl sites for hydroxylation is 4. The van der Waals surface area contributed by atoms with Gasteiger partial charge in [0.25, 0.3) is 0 Å². The summed E-state index contributed by atoms with van der Waals surface area (Å²) in [7, 11) is 0. The van der Waals surface area contributed by atoms with E-state index in [0.717, 1.165) is 28.2 Å². The second kappa shape index (κ2) is 9.18. The molecule has 1 aromatic heterocycles. The molecule has 0 saturated heterocycles. The normalized spacial score (nSPS) is 11.0. The Morgan fingerprint density at radius 2 is 1.61 bits per heavy atom. The first-order valence-corrected chi connectivity index (χ1v) is 10.2. The van der Waals surface area contributed by atoms with E-state index >= 15 is 0 Å². The predicted molar refractivity (Wildman–Crippen MR) is 125 cm³/mol. The Morgan fingerprint density at radius 1 is 0.935 bits per heavy atom. The molecular formula is C24H25ClN4O2. The van der Waals surface area contributed by atoms with Crippen LogP contribution in [0.25, 0.3) is 5.69 Å². The Labute approximate surface area is 186 Å². The number of carbonyl (C=O) groups is 2. The summed E-state index contributed by atoms with van der Waals surface area (Å²) in [6.45, 7) is 9.94. The number of aromatic nitrogens is 1. The molecule has 2 N–H and O–H groups in total. The standard InChI is InChI=1S/C24H25ClN4O2/c1-14-8-15(2)10-21(9-14)29-17(4)12-19(18(29)5)13-26-28-24(31)23(30)27-22-7-6-20(25)11-16(22)3/h6-13H,1-5H3,(H,27,30)(H,28,31)/b26-13-. The van der Waals surface area contributed by atoms with Crippen molar-refractivity contribution in [2.45, 2.75) is 34.6 Å². The highest BCUT2D eigenvalue weighted by Gasteiger charge is 2.15. The van der Waals surface area contributed by atoms with Crippen molar-refractivity contribution in [3.63, 3.8) is 0 Å². The van der Waals surface area contributed by atoms with Gasteiger partial charge in [-0.15, -0.1) is 0 Å². The van der Waals surface area contributed by atoms with E-state index in [1.165, 1.54) is 11.1 Å². The molecule has 3 rings (SSSR count). The van der Waals surface area contributed by atoms with Gasteiger partial charge in [0.2, 0.25) is 0 Å². The van der Waals surface area contributed by atoms with E-state index in [1.807, 2.05) is 19.9 Å². The fourth-order valence-electron chi connectivity index (χ4n) is 3.55. The monoisotopic (exact) mass is 436 g/mol. The molecule has 1 heterocycles. The highest BCUT2D eigenvalue weighted by molar-refractivity contribution is 6.39. The number of hydrogen-bond donors (Lipinski definition) is 2. The number of benzene rings is 2. The first-order chi connectivity index (χ1) is 14.7. The predicted octanol–water partition coefficient (Wildman–Crippen LogP) is 4.76. The van der Waals surface area contributed by atoms with Gasteiger partial charge in [0, 0.05) is 33.3 Å². The van der Waals surface area contributed by atoms with E-state index in [4.69, 9.17) is 11.6 Å². The van der Waals surface area contributed by atoms with Gasteiger partial charge in [0.15, 0.2) is 0 Å². The largest absolute Gasteiger partial charge is 0.329 e. The zero-order valence-electron chi connectivity index (χ0n) is 18.2. The van der Waals surface area contributed by atoms with E-state index < -0.39 is 11.8 Å². The minimum absolute atomic E-state index is 0.519. The molecule has 0 aliphatic heterocycles. The second-order valence-corrected chi connectivity index (χ2v) is 8.06. The van der Waals surface area contributed by atoms with Crippen molar-refractivity contribution >= 4 is 35.3 Å². The van der Waals surface area contributed by atoms with E-state index in [1.54, 1.807) is 31.3 Å². The summed E-state index contributed by atoms with van der Waals surface area (Å²) in [5, 5.41) is 7.08. The fourth-order valence-corrected chi connectivity index (χ4v) is 3.78. The molecule has 7 heteroatoms. The average Bonchev–Trinajstić information content (AvgIpc) is 2.96. The summed E-state index contributed by atoms with van der Waals surface area (Å²) < 4.78 is 2.14. The third kappa shape index (κ3) is 5.22. The number of anilines is 1. The van der Waals surface area contributed by atoms with Gasteiger partial charge in [-0.3, -0.25) is 9.59 Å². The van der Waals surface area contributed by atoms with E-state index in [2.05, 4.69) is 52.5 Å². The molecule has 0 fully saturated rings. The molecule has 3 aromatic rings. The molecular weight excluding hydrogens is 412 g/mol. The third-order valence-corrected chi connectivity index (χ3v) is 5.18. The Balaban J connectivity index is 1.71. The zero-order valence-corrected chi connectivity index (χ0v) is 19.0. The molecule has 0 spiro atoms. The maximum absolute atomic E-state index is 12.1. The summed E-state index contributed by atoms with van der Waals surface area (Å²) in [6, 6.07) is 13.4. The molecule has 0 radical (unpaired) electrons. The van der Waals surface area contributed by atoms with Gasteiger partial charge in [-0.2, -0.15) is 5.10 Å². The molecule has 0 unspecified atom stereocenters. The molecule has 6 nitrogen and oxygen atoms in total. The van der Waals surface area contributed by atoms with Gasteiger partial charge in [0.05, 0.1) is 6.21 Å². The summed E-state index contributed by atoms with van der Waals surface area (Å²) in [5.41, 5.74) is 9.90. The summed E-state index contributed by atoms with van der Waals surface area (Å²) >= 11 is 5.91. The SMILES string of the molecule is Cc1cc(C)cc(-n2c(C)cc(/C=N\NC(=O)C(=O)Nc3ccc(Cl)cc3C)c2C)c1. The molecule has 31 heavy (non-hydrogen) atoms. The number of carbonyl (C=O) groups excluding carboxylic acids is 2. The van der Waals surface area contributed by atoms with Crippen molar-refractivity contribution in [2.24, 2.45) is 5.10 Å². The molecule has 0 aliphatic rings. The fraction of sp³-hybridized carbons (Fsp3) is 0.208. The lowest BCUT2D eigenvalue weighted by atomic mass is 10.1. The van der Waals surface area contributed by atoms with Crippen LogP contribution in [0.4, 0.5) is 5.69 Å². The van der Waals surface area contributed by atoms with Crippen LogP contribution in [-0.2, 0) is 9.59 Å². The quantitative estimate of drug-likeness (QED) is 0.351. The van der Waals surface area contributed by atoms with E-state index in [0.29, 0.717) is 10.7 Å². The van der Waals surface area contributed by atoms with Crippen LogP contribution in [0.2, 0.25) is 5.02 Å². The lowest BCUT2D eigenvalue weighted by molar-refractivity contribution is -0.136. The number of rotatable bonds is 4. The number of nitrogens with one attached hydrogen (secondary N) is 2. The third-order valence-electron chi connectivity index (χ3n) is 4.95. The Bertz CT molecular complexity index is 1170. The van der Waals surface area contributed by atoms with Gasteiger partial charge < -0.3 is 9.88 Å². The molecule has 160 valence electrons. The first kappa shape index (κ1) is 22.3. The van der Waals surface area contributed by atoms with Crippen molar-refractivity contribution in [2.75, 3.05) is 5.32 Å². The van der Waals surface area contributed by atoms with Crippen molar-refractivity contribution in [1.29, 1.82) is 0 Å². The zero-order chi connectivity index (χ0) is 22.7. The van der Waals surface area contributed by atoms with Crippen LogP contribution in [0.3, 0.4) is 0 Å². The number of hydrazone groups is 1. The van der Waals surface area contributed by atoms with Gasteiger partial charge >= 0.3 is 11.8 Å². The molecule has 2 aromatic carbocycles. The van der Waals surface area contributed by atoms with Gasteiger partial charge in [-0.1, -0.05) is 17.7 Å². The molecule has 0 atom stereocenters. The van der Waals surface area contributed by atoms with Crippen LogP contribution < -0.4 is 10.7 Å². The minimum atomic E-state index is -0.853. The Hall–Kier alpha value is -3.38. The van der Waals surface area contributed by atoms with Gasteiger partial charge in [-0.25, -0.2) is 5.43 Å². The van der Waals surface area contributed by atoms with Crippen LogP contribution in [-0.4, -0.2) is 22.6 Å². The summed E-state index contributed by atoms with van der Waals surface area (Å²) in [5.74, 6) is -1.66. The number of amides is 2. The maximum atomic E-state index is 12.1. The molecule has 0 bridgehead atoms. The van der Waals surface area contributed by atoms with Crippen LogP contribution in [0.15, 0.2) is 47.6 Å². The lowest BCUT2D eigenvalue weighted by Crippen LogP contribution is -2.32. The van der Waals surface area contributed by atoms with Crippen LogP contribution >= 0.6 is 11.6 Å². The maximum Gasteiger partial charge on any atom is 0.329 e. The highest BCUT2D eigenvalue weighted by atomic mass is 35.5. The summed E-state index contributed by atoms with van der Waals surface area (Å²) in [6.07, 6.45) is 1.54. The number of hydrogen-bond acceptors (Lipinski definition) is 3. The summed E-state index contributed by atoms with van der Waals surface area (Å²) in [4.78, 5) is 24.2. The Morgan fingerprint density at radius 3 is 2.26 bits per heavy atom. The average molecular weight is 437 g/mol. The molecule has 0 saturated carbocycles. The number of halogens is 1. The van der Waals surface area contributed by atoms with Crippen molar-refractivity contribution in [1.82, 2.24) is 9.99 Å². The van der Waals surface area contributed by atoms with Crippen LogP contribution in [0.5, 0.6) is 0 Å². The Kier molecular flexibility index (Phi) is 6.61. The minimum Gasteiger partial charge on any atom is -0.318 e. The number of nitrogens with zero attached hydrogens (tertiary/aromatic N) is 2. The van der Waals surface area contributed by atoms with E-state index in [9.17, 15) is 9.59 Å². The van der Waals surface area contributed by atoms with Gasteiger partial charge in [-0.05, 0) is 87.7 Å². The topological polar surface area (TPSA) is 75.5 Å². The van der Waals surface area contributed by atoms with Crippen LogP contribution in [0.1, 0.15) is 33.6 Å². The van der Waals surface area contributed by atoms with E-state index in [-0.39, 0.29) is 0 Å². The first-order valence-electron chi connectivity index (χ1n) is 9.84. The molecule has 0 aliphatic carbocycles. The smallest absolute Gasteiger partial charge is 0.318 e. The van der Waals surface area contributed by atoms with Crippen molar-refractivity contribution in [3.05, 3.63) is 81.1 Å². The molecule has 2 amide bonds. The highest BCUT2D eigenvalue weighted by Crippen LogP contribution is 2.22. The van der Waals surface area contributed by atoms with Crippen molar-refractivity contribution in [3.8, 4) is 5.69 Å². The second-order valence-electron chi connectivity index (χ2n) is 7.62.